The molecule has 1 aromatic heterocycles. The zero-order valence-corrected chi connectivity index (χ0v) is 24.3. The van der Waals surface area contributed by atoms with Crippen molar-refractivity contribution in [3.8, 4) is 17.1 Å². The second-order valence-electron chi connectivity index (χ2n) is 10.7. The fourth-order valence-corrected chi connectivity index (χ4v) is 4.86. The molecule has 0 amide bonds. The van der Waals surface area contributed by atoms with E-state index in [-0.39, 0.29) is 18.1 Å². The average Bonchev–Trinajstić information content (AvgIpc) is 3.48. The molecule has 5 rings (SSSR count). The lowest BCUT2D eigenvalue weighted by molar-refractivity contribution is -0.137. The van der Waals surface area contributed by atoms with Gasteiger partial charge in [0.1, 0.15) is 18.2 Å². The van der Waals surface area contributed by atoms with Gasteiger partial charge in [-0.25, -0.2) is 14.0 Å². The number of alkyl halides is 3. The van der Waals surface area contributed by atoms with Crippen LogP contribution in [0.5, 0.6) is 5.75 Å². The number of allylic oxidation sites excluding steroid dienone is 1. The number of nitrogens with zero attached hydrogens (tertiary/aromatic N) is 1. The normalized spacial score (nSPS) is 12.3. The maximum absolute atomic E-state index is 14.3. The molecular weight excluding hydrogens is 604 g/mol. The van der Waals surface area contributed by atoms with E-state index in [1.54, 1.807) is 30.3 Å². The Morgan fingerprint density at radius 2 is 1.61 bits per heavy atom. The molecule has 1 atom stereocenters. The van der Waals surface area contributed by atoms with E-state index in [0.29, 0.717) is 47.5 Å². The molecule has 236 valence electrons. The number of ether oxygens (including phenoxy) is 1. The highest BCUT2D eigenvalue weighted by atomic mass is 19.4. The lowest BCUT2D eigenvalue weighted by atomic mass is 9.91. The van der Waals surface area contributed by atoms with Gasteiger partial charge in [0, 0.05) is 11.1 Å². The van der Waals surface area contributed by atoms with Crippen molar-refractivity contribution in [1.29, 1.82) is 0 Å². The molecule has 0 radical (unpaired) electrons. The number of aromatic nitrogens is 2. The predicted octanol–water partition coefficient (Wildman–Crippen LogP) is 7.97. The van der Waals surface area contributed by atoms with Gasteiger partial charge in [-0.15, -0.1) is 0 Å². The lowest BCUT2D eigenvalue weighted by Crippen LogP contribution is -2.05. The highest BCUT2D eigenvalue weighted by Crippen LogP contribution is 2.30. The quantitative estimate of drug-likeness (QED) is 0.135. The molecule has 1 heterocycles. The summed E-state index contributed by atoms with van der Waals surface area (Å²) in [5.41, 5.74) is 3.05. The van der Waals surface area contributed by atoms with Gasteiger partial charge >= 0.3 is 17.9 Å². The number of rotatable bonds is 12. The van der Waals surface area contributed by atoms with E-state index in [1.807, 2.05) is 30.3 Å². The Balaban J connectivity index is 1.32. The molecule has 7 nitrogen and oxygen atoms in total. The van der Waals surface area contributed by atoms with Crippen LogP contribution in [0.15, 0.2) is 106 Å². The van der Waals surface area contributed by atoms with E-state index in [1.165, 1.54) is 30.3 Å². The minimum absolute atomic E-state index is 0.0117. The third-order valence-corrected chi connectivity index (χ3v) is 7.37. The number of carboxylic acids is 1. The monoisotopic (exact) mass is 632 g/mol. The van der Waals surface area contributed by atoms with Gasteiger partial charge in [-0.1, -0.05) is 65.8 Å². The molecule has 0 saturated heterocycles. The number of carboxylic acid groups (broad SMARTS) is 1. The van der Waals surface area contributed by atoms with E-state index in [4.69, 9.17) is 4.74 Å². The molecule has 0 spiro atoms. The van der Waals surface area contributed by atoms with E-state index in [2.05, 4.69) is 14.7 Å². The van der Waals surface area contributed by atoms with Gasteiger partial charge in [-0.05, 0) is 84.3 Å². The highest BCUT2D eigenvalue weighted by molar-refractivity contribution is 5.87. The van der Waals surface area contributed by atoms with Crippen LogP contribution in [0, 0.1) is 11.7 Å². The number of nitrogens with one attached hydrogen (secondary N) is 1. The van der Waals surface area contributed by atoms with Gasteiger partial charge in [-0.3, -0.25) is 9.51 Å². The summed E-state index contributed by atoms with van der Waals surface area (Å²) >= 11 is 0. The minimum atomic E-state index is -4.44. The minimum Gasteiger partial charge on any atom is -0.488 e. The van der Waals surface area contributed by atoms with Gasteiger partial charge in [0.25, 0.3) is 0 Å². The number of aromatic amines is 1. The first-order valence-electron chi connectivity index (χ1n) is 14.3. The lowest BCUT2D eigenvalue weighted by Gasteiger charge is -2.15. The van der Waals surface area contributed by atoms with Gasteiger partial charge in [-0.2, -0.15) is 13.2 Å². The molecule has 4 aromatic carbocycles. The van der Waals surface area contributed by atoms with Crippen molar-refractivity contribution in [3.63, 3.8) is 0 Å². The van der Waals surface area contributed by atoms with Gasteiger partial charge < -0.3 is 9.84 Å². The number of hydrogen-bond donors (Lipinski definition) is 2. The number of aromatic carboxylic acids is 1. The fraction of sp³-hybridized carbons (Fsp3) is 0.171. The Morgan fingerprint density at radius 3 is 2.24 bits per heavy atom. The summed E-state index contributed by atoms with van der Waals surface area (Å²) in [6, 6.07) is 22.8. The van der Waals surface area contributed by atoms with E-state index in [0.717, 1.165) is 23.3 Å². The molecular formula is C35H28F4N2O5. The van der Waals surface area contributed by atoms with Crippen molar-refractivity contribution >= 4 is 12.0 Å². The summed E-state index contributed by atoms with van der Waals surface area (Å²) < 4.78 is 63.5. The molecule has 0 bridgehead atoms. The van der Waals surface area contributed by atoms with Crippen LogP contribution < -0.4 is 10.5 Å². The number of hydrogen-bond acceptors (Lipinski definition) is 5. The van der Waals surface area contributed by atoms with E-state index in [9.17, 15) is 32.3 Å². The standard InChI is InChI=1S/C35H28F4N2O5/c36-30-17-18-31(45-21-25-8-15-29(16-9-25)35(37,38)39)28(20-30)14-7-23(19-24-5-12-27(13-6-24)33(42)43)2-1-22-3-10-26(11-4-22)32-40-34(44)46-41-32/h3-18,20,23H,1-2,19,21H2,(H,42,43)(H,40,41,44). The van der Waals surface area contributed by atoms with Crippen LogP contribution in [0.4, 0.5) is 17.6 Å². The van der Waals surface area contributed by atoms with Crippen LogP contribution in [0.1, 0.15) is 44.6 Å². The number of aryl methyl sites for hydroxylation is 1. The Hall–Kier alpha value is -5.45. The van der Waals surface area contributed by atoms with Crippen molar-refractivity contribution in [2.24, 2.45) is 5.92 Å². The second-order valence-corrected chi connectivity index (χ2v) is 10.7. The molecule has 46 heavy (non-hydrogen) atoms. The number of H-pyrrole nitrogens is 1. The zero-order valence-electron chi connectivity index (χ0n) is 24.3. The molecule has 0 aliphatic rings. The Bertz CT molecular complexity index is 1860. The van der Waals surface area contributed by atoms with Gasteiger partial charge in [0.15, 0.2) is 5.82 Å². The summed E-state index contributed by atoms with van der Waals surface area (Å²) in [6.07, 6.45) is 1.20. The molecule has 0 fully saturated rings. The maximum Gasteiger partial charge on any atom is 0.439 e. The third-order valence-electron chi connectivity index (χ3n) is 7.37. The SMILES string of the molecule is O=C(O)c1ccc(CC(C=Cc2cc(F)ccc2OCc2ccc(C(F)(F)F)cc2)CCc2ccc(-c3noc(=O)[nH]3)cc2)cc1. The Morgan fingerprint density at radius 1 is 0.935 bits per heavy atom. The third kappa shape index (κ3) is 8.59. The summed E-state index contributed by atoms with van der Waals surface area (Å²) in [7, 11) is 0. The molecule has 0 aliphatic carbocycles. The summed E-state index contributed by atoms with van der Waals surface area (Å²) in [6.45, 7) is -0.0117. The second kappa shape index (κ2) is 14.1. The van der Waals surface area contributed by atoms with Crippen LogP contribution in [-0.2, 0) is 25.6 Å². The van der Waals surface area contributed by atoms with Gasteiger partial charge in [0.05, 0.1) is 11.1 Å². The summed E-state index contributed by atoms with van der Waals surface area (Å²) in [4.78, 5) is 25.1. The van der Waals surface area contributed by atoms with Crippen molar-refractivity contribution in [2.75, 3.05) is 0 Å². The maximum atomic E-state index is 14.3. The number of benzene rings is 4. The van der Waals surface area contributed by atoms with Crippen LogP contribution >= 0.6 is 0 Å². The van der Waals surface area contributed by atoms with Crippen molar-refractivity contribution in [3.05, 3.63) is 147 Å². The van der Waals surface area contributed by atoms with Crippen LogP contribution in [0.25, 0.3) is 17.5 Å². The van der Waals surface area contributed by atoms with Crippen LogP contribution in [0.2, 0.25) is 0 Å². The number of halogens is 4. The molecule has 1 unspecified atom stereocenters. The topological polar surface area (TPSA) is 105 Å². The van der Waals surface area contributed by atoms with Crippen molar-refractivity contribution < 1.29 is 36.7 Å². The molecule has 0 saturated carbocycles. The van der Waals surface area contributed by atoms with Crippen LogP contribution in [-0.4, -0.2) is 21.2 Å². The highest BCUT2D eigenvalue weighted by Gasteiger charge is 2.29. The Kier molecular flexibility index (Phi) is 9.80. The van der Waals surface area contributed by atoms with E-state index < -0.39 is 29.3 Å². The molecule has 0 aliphatic heterocycles. The molecule has 5 aromatic rings. The van der Waals surface area contributed by atoms with Crippen molar-refractivity contribution in [1.82, 2.24) is 10.1 Å². The van der Waals surface area contributed by atoms with Crippen molar-refractivity contribution in [2.45, 2.75) is 32.0 Å². The van der Waals surface area contributed by atoms with Gasteiger partial charge in [0.2, 0.25) is 0 Å². The average molecular weight is 633 g/mol. The zero-order chi connectivity index (χ0) is 32.7. The first-order valence-corrected chi connectivity index (χ1v) is 14.3. The smallest absolute Gasteiger partial charge is 0.439 e. The summed E-state index contributed by atoms with van der Waals surface area (Å²) in [5, 5.41) is 13.0. The molecule has 11 heteroatoms. The first-order chi connectivity index (χ1) is 22.0. The van der Waals surface area contributed by atoms with Crippen LogP contribution in [0.3, 0.4) is 0 Å². The number of carbonyl (C=O) groups is 1. The largest absolute Gasteiger partial charge is 0.488 e. The first kappa shape index (κ1) is 32.0. The Labute approximate surface area is 260 Å². The fourth-order valence-electron chi connectivity index (χ4n) is 4.86. The molecule has 2 N–H and O–H groups in total. The van der Waals surface area contributed by atoms with E-state index >= 15 is 0 Å². The summed E-state index contributed by atoms with van der Waals surface area (Å²) in [5.74, 6) is -1.49. The predicted molar refractivity (Wildman–Crippen MR) is 163 cm³/mol.